The molecule has 0 aromatic carbocycles. The Hall–Kier alpha value is -2.67. The smallest absolute Gasteiger partial charge is 0.162 e. The Labute approximate surface area is 157 Å². The number of aliphatic imine (C=N–C) groups is 1. The lowest BCUT2D eigenvalue weighted by Crippen LogP contribution is -2.49. The summed E-state index contributed by atoms with van der Waals surface area (Å²) in [4.78, 5) is 8.91. The summed E-state index contributed by atoms with van der Waals surface area (Å²) in [5, 5.41) is 8.37. The van der Waals surface area contributed by atoms with E-state index in [9.17, 15) is 4.39 Å². The number of nitrogen functional groups attached to an aromatic ring is 1. The molecule has 0 amide bonds. The first-order chi connectivity index (χ1) is 13.1. The van der Waals surface area contributed by atoms with Crippen molar-refractivity contribution in [3.63, 3.8) is 0 Å². The standard InChI is InChI=1S/C20H22FN5O/c1-27-18-20(10-4-12-24-18,15-6-7-16(22)26-25-15)13-19(8-3-9-19)17-14(21)5-2-11-23-17/h2,4-7,10-12,18H,3,8-9,13H2,1H3,(H2,22,26). The highest BCUT2D eigenvalue weighted by Gasteiger charge is 2.52. The van der Waals surface area contributed by atoms with Crippen LogP contribution in [0.3, 0.4) is 0 Å². The highest BCUT2D eigenvalue weighted by atomic mass is 19.1. The molecular weight excluding hydrogens is 345 g/mol. The number of allylic oxidation sites excluding steroid dienone is 1. The maximum atomic E-state index is 14.6. The number of nitrogens with zero attached hydrogens (tertiary/aromatic N) is 4. The van der Waals surface area contributed by atoms with Crippen molar-refractivity contribution < 1.29 is 9.13 Å². The average Bonchev–Trinajstić information content (AvgIpc) is 2.66. The Bertz CT molecular complexity index is 878. The zero-order valence-electron chi connectivity index (χ0n) is 15.2. The number of nitrogens with two attached hydrogens (primary N) is 1. The minimum Gasteiger partial charge on any atom is -0.382 e. The molecule has 2 N–H and O–H groups in total. The topological polar surface area (TPSA) is 86.3 Å². The summed E-state index contributed by atoms with van der Waals surface area (Å²) in [6.07, 6.45) is 10.1. The van der Waals surface area contributed by atoms with Gasteiger partial charge in [-0.3, -0.25) is 9.98 Å². The van der Waals surface area contributed by atoms with Crippen molar-refractivity contribution in [3.05, 3.63) is 59.8 Å². The molecule has 0 bridgehead atoms. The van der Waals surface area contributed by atoms with E-state index in [4.69, 9.17) is 10.5 Å². The molecule has 1 saturated carbocycles. The molecule has 2 atom stereocenters. The summed E-state index contributed by atoms with van der Waals surface area (Å²) in [6.45, 7) is 0. The van der Waals surface area contributed by atoms with E-state index in [1.807, 2.05) is 18.2 Å². The van der Waals surface area contributed by atoms with Crippen LogP contribution in [-0.2, 0) is 15.6 Å². The molecule has 0 radical (unpaired) electrons. The number of halogens is 1. The summed E-state index contributed by atoms with van der Waals surface area (Å²) in [5.41, 5.74) is 5.89. The highest BCUT2D eigenvalue weighted by Crippen LogP contribution is 2.53. The Kier molecular flexibility index (Phi) is 4.47. The van der Waals surface area contributed by atoms with E-state index < -0.39 is 11.6 Å². The SMILES string of the molecule is COC1N=CC=CC1(CC1(c2ncccc2F)CCC1)c1ccc(N)nn1. The predicted molar refractivity (Wildman–Crippen MR) is 101 cm³/mol. The maximum Gasteiger partial charge on any atom is 0.162 e. The molecule has 140 valence electrons. The van der Waals surface area contributed by atoms with Crippen LogP contribution in [0.15, 0.2) is 47.6 Å². The van der Waals surface area contributed by atoms with Gasteiger partial charge in [-0.1, -0.05) is 12.5 Å². The third kappa shape index (κ3) is 2.92. The van der Waals surface area contributed by atoms with Crippen LogP contribution in [0, 0.1) is 5.82 Å². The largest absolute Gasteiger partial charge is 0.382 e. The third-order valence-corrected chi connectivity index (χ3v) is 5.73. The van der Waals surface area contributed by atoms with Crippen LogP contribution in [-0.4, -0.2) is 34.7 Å². The Morgan fingerprint density at radius 1 is 1.26 bits per heavy atom. The van der Waals surface area contributed by atoms with Crippen molar-refractivity contribution in [1.29, 1.82) is 0 Å². The van der Waals surface area contributed by atoms with E-state index in [0.717, 1.165) is 19.3 Å². The van der Waals surface area contributed by atoms with Gasteiger partial charge in [0, 0.05) is 24.9 Å². The molecular formula is C20H22FN5O. The van der Waals surface area contributed by atoms with Gasteiger partial charge in [-0.15, -0.1) is 5.10 Å². The first-order valence-corrected chi connectivity index (χ1v) is 9.04. The van der Waals surface area contributed by atoms with E-state index in [-0.39, 0.29) is 11.2 Å². The van der Waals surface area contributed by atoms with Crippen molar-refractivity contribution in [2.24, 2.45) is 4.99 Å². The molecule has 0 spiro atoms. The van der Waals surface area contributed by atoms with E-state index in [1.54, 1.807) is 31.7 Å². The second kappa shape index (κ2) is 6.81. The minimum atomic E-state index is -0.672. The highest BCUT2D eigenvalue weighted by molar-refractivity contribution is 5.73. The second-order valence-electron chi connectivity index (χ2n) is 7.27. The molecule has 3 heterocycles. The van der Waals surface area contributed by atoms with Gasteiger partial charge in [0.1, 0.15) is 11.6 Å². The molecule has 27 heavy (non-hydrogen) atoms. The van der Waals surface area contributed by atoms with Gasteiger partial charge < -0.3 is 10.5 Å². The van der Waals surface area contributed by atoms with Crippen LogP contribution < -0.4 is 5.73 Å². The van der Waals surface area contributed by atoms with E-state index in [0.29, 0.717) is 23.6 Å². The number of rotatable bonds is 5. The first-order valence-electron chi connectivity index (χ1n) is 9.04. The molecule has 2 unspecified atom stereocenters. The first kappa shape index (κ1) is 17.7. The van der Waals surface area contributed by atoms with Gasteiger partial charge in [0.25, 0.3) is 0 Å². The van der Waals surface area contributed by atoms with Crippen molar-refractivity contribution >= 4 is 12.0 Å². The second-order valence-corrected chi connectivity index (χ2v) is 7.27. The number of anilines is 1. The summed E-state index contributed by atoms with van der Waals surface area (Å²) in [5.74, 6) is 0.0771. The molecule has 1 aliphatic heterocycles. The van der Waals surface area contributed by atoms with Crippen molar-refractivity contribution in [2.45, 2.75) is 42.7 Å². The third-order valence-electron chi connectivity index (χ3n) is 5.73. The zero-order valence-corrected chi connectivity index (χ0v) is 15.2. The number of dihydropyridines is 1. The molecule has 6 nitrogen and oxygen atoms in total. The van der Waals surface area contributed by atoms with E-state index in [2.05, 4.69) is 20.2 Å². The van der Waals surface area contributed by atoms with Crippen molar-refractivity contribution in [1.82, 2.24) is 15.2 Å². The fraction of sp³-hybridized carbons (Fsp3) is 0.400. The number of hydrogen-bond acceptors (Lipinski definition) is 6. The van der Waals surface area contributed by atoms with Crippen LogP contribution in [0.5, 0.6) is 0 Å². The van der Waals surface area contributed by atoms with Crippen LogP contribution in [0.4, 0.5) is 10.2 Å². The van der Waals surface area contributed by atoms with E-state index >= 15 is 0 Å². The van der Waals surface area contributed by atoms with Crippen LogP contribution in [0.25, 0.3) is 0 Å². The molecule has 2 aromatic rings. The lowest BCUT2D eigenvalue weighted by atomic mass is 9.57. The number of pyridine rings is 1. The summed E-state index contributed by atoms with van der Waals surface area (Å²) in [7, 11) is 1.62. The Morgan fingerprint density at radius 2 is 2.11 bits per heavy atom. The lowest BCUT2D eigenvalue weighted by molar-refractivity contribution is 0.0277. The van der Waals surface area contributed by atoms with Crippen LogP contribution in [0.1, 0.15) is 37.1 Å². The summed E-state index contributed by atoms with van der Waals surface area (Å²) >= 11 is 0. The van der Waals surface area contributed by atoms with Crippen LogP contribution >= 0.6 is 0 Å². The molecule has 1 aliphatic carbocycles. The quantitative estimate of drug-likeness (QED) is 0.878. The van der Waals surface area contributed by atoms with Crippen molar-refractivity contribution in [3.8, 4) is 0 Å². The fourth-order valence-electron chi connectivity index (χ4n) is 4.31. The number of ether oxygens (including phenoxy) is 1. The van der Waals surface area contributed by atoms with Crippen LogP contribution in [0.2, 0.25) is 0 Å². The molecule has 7 heteroatoms. The molecule has 0 saturated heterocycles. The molecule has 2 aliphatic rings. The maximum absolute atomic E-state index is 14.6. The zero-order chi connectivity index (χ0) is 18.9. The molecule has 1 fully saturated rings. The normalized spacial score (nSPS) is 25.9. The van der Waals surface area contributed by atoms with Gasteiger partial charge >= 0.3 is 0 Å². The van der Waals surface area contributed by atoms with Gasteiger partial charge in [0.05, 0.1) is 16.8 Å². The van der Waals surface area contributed by atoms with Gasteiger partial charge in [0.2, 0.25) is 0 Å². The van der Waals surface area contributed by atoms with Gasteiger partial charge in [-0.05, 0) is 49.6 Å². The Balaban J connectivity index is 1.82. The number of methoxy groups -OCH3 is 1. The number of aromatic nitrogens is 3. The summed E-state index contributed by atoms with van der Waals surface area (Å²) < 4.78 is 20.3. The average molecular weight is 367 g/mol. The van der Waals surface area contributed by atoms with Gasteiger partial charge in [-0.25, -0.2) is 4.39 Å². The monoisotopic (exact) mass is 367 g/mol. The molecule has 2 aromatic heterocycles. The molecule has 4 rings (SSSR count). The van der Waals surface area contributed by atoms with Gasteiger partial charge in [-0.2, -0.15) is 5.10 Å². The minimum absolute atomic E-state index is 0.270. The van der Waals surface area contributed by atoms with E-state index in [1.165, 1.54) is 6.07 Å². The lowest BCUT2D eigenvalue weighted by Gasteiger charge is -2.48. The Morgan fingerprint density at radius 3 is 2.74 bits per heavy atom. The van der Waals surface area contributed by atoms with Crippen molar-refractivity contribution in [2.75, 3.05) is 12.8 Å². The summed E-state index contributed by atoms with van der Waals surface area (Å²) in [6, 6.07) is 6.66. The fourth-order valence-corrected chi connectivity index (χ4v) is 4.31. The predicted octanol–water partition coefficient (Wildman–Crippen LogP) is 2.96. The number of hydrogen-bond donors (Lipinski definition) is 1. The van der Waals surface area contributed by atoms with Gasteiger partial charge in [0.15, 0.2) is 6.23 Å².